The molecule has 2 aliphatic heterocycles. The first-order chi connectivity index (χ1) is 9.61. The van der Waals surface area contributed by atoms with Gasteiger partial charge in [0.25, 0.3) is 0 Å². The molecule has 6 heteroatoms. The Balaban J connectivity index is 2.00. The van der Waals surface area contributed by atoms with Gasteiger partial charge < -0.3 is 19.5 Å². The third-order valence-electron chi connectivity index (χ3n) is 3.83. The number of fused-ring (bicyclic) bond motifs is 1. The zero-order chi connectivity index (χ0) is 14.3. The molecule has 0 aromatic heterocycles. The van der Waals surface area contributed by atoms with Gasteiger partial charge in [0.1, 0.15) is 0 Å². The molecule has 2 heterocycles. The maximum absolute atomic E-state index is 11.9. The van der Waals surface area contributed by atoms with E-state index in [0.29, 0.717) is 18.0 Å². The van der Waals surface area contributed by atoms with Gasteiger partial charge in [-0.05, 0) is 24.6 Å². The van der Waals surface area contributed by atoms with Crippen molar-refractivity contribution in [3.63, 3.8) is 0 Å². The van der Waals surface area contributed by atoms with Gasteiger partial charge in [-0.3, -0.25) is 9.59 Å². The van der Waals surface area contributed by atoms with Gasteiger partial charge in [-0.1, -0.05) is 6.07 Å². The maximum Gasteiger partial charge on any atom is 0.309 e. The number of amides is 1. The highest BCUT2D eigenvalue weighted by atomic mass is 16.7. The zero-order valence-corrected chi connectivity index (χ0v) is 11.0. The van der Waals surface area contributed by atoms with Gasteiger partial charge in [0, 0.05) is 13.0 Å². The molecule has 0 unspecified atom stereocenters. The first kappa shape index (κ1) is 12.8. The second-order valence-electron chi connectivity index (χ2n) is 4.89. The summed E-state index contributed by atoms with van der Waals surface area (Å²) in [7, 11) is 0. The molecule has 2 atom stereocenters. The minimum absolute atomic E-state index is 0.0439. The number of hydrogen-bond donors (Lipinski definition) is 1. The summed E-state index contributed by atoms with van der Waals surface area (Å²) in [5, 5.41) is 9.33. The average Bonchev–Trinajstić information content (AvgIpc) is 3.01. The molecule has 0 radical (unpaired) electrons. The van der Waals surface area contributed by atoms with Crippen LogP contribution in [-0.2, 0) is 9.59 Å². The van der Waals surface area contributed by atoms with E-state index in [1.807, 2.05) is 6.92 Å². The van der Waals surface area contributed by atoms with Crippen LogP contribution in [0.1, 0.15) is 24.9 Å². The van der Waals surface area contributed by atoms with Gasteiger partial charge in [0.05, 0.1) is 12.0 Å². The number of benzene rings is 1. The van der Waals surface area contributed by atoms with Crippen molar-refractivity contribution in [1.82, 2.24) is 4.90 Å². The second-order valence-corrected chi connectivity index (χ2v) is 4.89. The van der Waals surface area contributed by atoms with Crippen molar-refractivity contribution in [2.75, 3.05) is 13.3 Å². The van der Waals surface area contributed by atoms with E-state index < -0.39 is 17.9 Å². The zero-order valence-electron chi connectivity index (χ0n) is 11.0. The topological polar surface area (TPSA) is 76.1 Å². The molecular formula is C14H15NO5. The van der Waals surface area contributed by atoms with E-state index in [-0.39, 0.29) is 19.1 Å². The Hall–Kier alpha value is -2.24. The number of aliphatic carboxylic acids is 1. The molecule has 20 heavy (non-hydrogen) atoms. The summed E-state index contributed by atoms with van der Waals surface area (Å²) in [6, 6.07) is 4.88. The summed E-state index contributed by atoms with van der Waals surface area (Å²) in [5.74, 6) is -0.544. The van der Waals surface area contributed by atoms with Crippen molar-refractivity contribution < 1.29 is 24.2 Å². The summed E-state index contributed by atoms with van der Waals surface area (Å²) >= 11 is 0. The highest BCUT2D eigenvalue weighted by Gasteiger charge is 2.44. The third kappa shape index (κ3) is 1.88. The molecule has 1 saturated heterocycles. The van der Waals surface area contributed by atoms with E-state index in [0.717, 1.165) is 5.56 Å². The van der Waals surface area contributed by atoms with Crippen LogP contribution in [0.5, 0.6) is 11.5 Å². The lowest BCUT2D eigenvalue weighted by Crippen LogP contribution is -2.30. The molecule has 1 fully saturated rings. The summed E-state index contributed by atoms with van der Waals surface area (Å²) in [6.07, 6.45) is 0.0439. The molecule has 0 spiro atoms. The number of carbonyl (C=O) groups excluding carboxylic acids is 1. The summed E-state index contributed by atoms with van der Waals surface area (Å²) in [5.41, 5.74) is 0.773. The Bertz CT molecular complexity index is 571. The van der Waals surface area contributed by atoms with Crippen LogP contribution in [0.3, 0.4) is 0 Å². The largest absolute Gasteiger partial charge is 0.481 e. The van der Waals surface area contributed by atoms with E-state index in [2.05, 4.69) is 0 Å². The quantitative estimate of drug-likeness (QED) is 0.904. The normalized spacial score (nSPS) is 24.2. The molecule has 1 aromatic carbocycles. The van der Waals surface area contributed by atoms with Gasteiger partial charge in [-0.15, -0.1) is 0 Å². The molecule has 1 amide bonds. The van der Waals surface area contributed by atoms with Crippen molar-refractivity contribution in [2.24, 2.45) is 5.92 Å². The number of carbonyl (C=O) groups is 2. The molecule has 1 aromatic rings. The Labute approximate surface area is 115 Å². The molecular weight excluding hydrogens is 262 g/mol. The molecule has 1 N–H and O–H groups in total. The van der Waals surface area contributed by atoms with Gasteiger partial charge in [0.15, 0.2) is 11.5 Å². The molecule has 6 nitrogen and oxygen atoms in total. The van der Waals surface area contributed by atoms with E-state index in [4.69, 9.17) is 9.47 Å². The first-order valence-electron chi connectivity index (χ1n) is 6.53. The van der Waals surface area contributed by atoms with Gasteiger partial charge in [-0.25, -0.2) is 0 Å². The standard InChI is InChI=1S/C14H15NO5/c1-2-15-12(16)6-9(14(17)18)13(15)8-3-4-10-11(5-8)20-7-19-10/h3-5,9,13H,2,6-7H2,1H3,(H,17,18)/t9-,13-/m1/s1. The number of carboxylic acids is 1. The molecule has 2 aliphatic rings. The van der Waals surface area contributed by atoms with E-state index in [9.17, 15) is 14.7 Å². The van der Waals surface area contributed by atoms with Crippen LogP contribution >= 0.6 is 0 Å². The van der Waals surface area contributed by atoms with Crippen LogP contribution in [0.2, 0.25) is 0 Å². The van der Waals surface area contributed by atoms with Gasteiger partial charge >= 0.3 is 5.97 Å². The van der Waals surface area contributed by atoms with Gasteiger partial charge in [-0.2, -0.15) is 0 Å². The lowest BCUT2D eigenvalue weighted by molar-refractivity contribution is -0.142. The Morgan fingerprint density at radius 1 is 1.40 bits per heavy atom. The maximum atomic E-state index is 11.9. The number of hydrogen-bond acceptors (Lipinski definition) is 4. The number of carboxylic acid groups (broad SMARTS) is 1. The third-order valence-corrected chi connectivity index (χ3v) is 3.83. The highest BCUT2D eigenvalue weighted by molar-refractivity contribution is 5.87. The monoisotopic (exact) mass is 277 g/mol. The van der Waals surface area contributed by atoms with Crippen molar-refractivity contribution >= 4 is 11.9 Å². The number of ether oxygens (including phenoxy) is 2. The Kier molecular flexibility index (Phi) is 3.00. The molecule has 0 saturated carbocycles. The predicted octanol–water partition coefficient (Wildman–Crippen LogP) is 1.41. The lowest BCUT2D eigenvalue weighted by Gasteiger charge is -2.26. The minimum atomic E-state index is -0.947. The van der Waals surface area contributed by atoms with E-state index >= 15 is 0 Å². The molecule has 0 aliphatic carbocycles. The van der Waals surface area contributed by atoms with Crippen LogP contribution in [0.15, 0.2) is 18.2 Å². The lowest BCUT2D eigenvalue weighted by atomic mass is 9.93. The van der Waals surface area contributed by atoms with Gasteiger partial charge in [0.2, 0.25) is 12.7 Å². The highest BCUT2D eigenvalue weighted by Crippen LogP contribution is 2.42. The summed E-state index contributed by atoms with van der Waals surface area (Å²) < 4.78 is 10.6. The van der Waals surface area contributed by atoms with Crippen molar-refractivity contribution in [2.45, 2.75) is 19.4 Å². The molecule has 106 valence electrons. The number of likely N-dealkylation sites (tertiary alicyclic amines) is 1. The van der Waals surface area contributed by atoms with Crippen LogP contribution < -0.4 is 9.47 Å². The SMILES string of the molecule is CCN1C(=O)C[C@@H](C(=O)O)[C@H]1c1ccc2c(c1)OCO2. The van der Waals surface area contributed by atoms with E-state index in [1.165, 1.54) is 0 Å². The minimum Gasteiger partial charge on any atom is -0.481 e. The van der Waals surface area contributed by atoms with Crippen molar-refractivity contribution in [1.29, 1.82) is 0 Å². The van der Waals surface area contributed by atoms with Crippen molar-refractivity contribution in [3.05, 3.63) is 23.8 Å². The summed E-state index contributed by atoms with van der Waals surface area (Å²) in [6.45, 7) is 2.51. The van der Waals surface area contributed by atoms with Crippen molar-refractivity contribution in [3.8, 4) is 11.5 Å². The Morgan fingerprint density at radius 3 is 2.85 bits per heavy atom. The summed E-state index contributed by atoms with van der Waals surface area (Å²) in [4.78, 5) is 24.9. The Morgan fingerprint density at radius 2 is 2.15 bits per heavy atom. The predicted molar refractivity (Wildman–Crippen MR) is 68.4 cm³/mol. The first-order valence-corrected chi connectivity index (χ1v) is 6.53. The smallest absolute Gasteiger partial charge is 0.309 e. The molecule has 3 rings (SSSR count). The van der Waals surface area contributed by atoms with Crippen LogP contribution in [0.25, 0.3) is 0 Å². The fourth-order valence-corrected chi connectivity index (χ4v) is 2.89. The second kappa shape index (κ2) is 4.70. The van der Waals surface area contributed by atoms with E-state index in [1.54, 1.807) is 23.1 Å². The number of nitrogens with zero attached hydrogens (tertiary/aromatic N) is 1. The number of rotatable bonds is 3. The molecule has 0 bridgehead atoms. The average molecular weight is 277 g/mol. The van der Waals surface area contributed by atoms with Crippen LogP contribution in [-0.4, -0.2) is 35.2 Å². The van der Waals surface area contributed by atoms with Crippen LogP contribution in [0.4, 0.5) is 0 Å². The van der Waals surface area contributed by atoms with Crippen LogP contribution in [0, 0.1) is 5.92 Å². The fraction of sp³-hybridized carbons (Fsp3) is 0.429. The fourth-order valence-electron chi connectivity index (χ4n) is 2.89.